The molecule has 6 heteroatoms. The highest BCUT2D eigenvalue weighted by molar-refractivity contribution is 5.87. The van der Waals surface area contributed by atoms with E-state index in [-0.39, 0.29) is 0 Å². The number of carbonyl (C=O) groups is 1. The van der Waals surface area contributed by atoms with E-state index in [1.54, 1.807) is 0 Å². The molecule has 0 aromatic rings. The molecule has 0 aliphatic heterocycles. The number of carboxylic acids is 1. The number of rotatable bonds is 2. The first-order valence-corrected chi connectivity index (χ1v) is 2.39. The summed E-state index contributed by atoms with van der Waals surface area (Å²) in [5.74, 6) is -1.99. The minimum absolute atomic E-state index is 1.50. The number of halogens is 4. The number of alkyl halides is 4. The number of hydrogen-bond acceptors (Lipinski definition) is 1. The molecule has 0 spiro atoms. The Bertz CT molecular complexity index is 183. The van der Waals surface area contributed by atoms with Crippen molar-refractivity contribution in [3.8, 4) is 0 Å². The Morgan fingerprint density at radius 3 is 1.91 bits per heavy atom. The average Bonchev–Trinajstić information content (AvgIpc) is 1.82. The standard InChI is InChI=1S/C5H4F4O2/c1-2(4(10)11)3(6)5(7,8)9/h3H,1H2,(H,10,11). The summed E-state index contributed by atoms with van der Waals surface area (Å²) in [4.78, 5) is 9.75. The third-order valence-corrected chi connectivity index (χ3v) is 0.868. The molecule has 0 saturated carbocycles. The Balaban J connectivity index is 4.38. The molecule has 0 aliphatic rings. The molecule has 2 nitrogen and oxygen atoms in total. The predicted molar refractivity (Wildman–Crippen MR) is 27.7 cm³/mol. The lowest BCUT2D eigenvalue weighted by atomic mass is 10.2. The lowest BCUT2D eigenvalue weighted by Crippen LogP contribution is -2.29. The van der Waals surface area contributed by atoms with Gasteiger partial charge in [-0.3, -0.25) is 0 Å². The van der Waals surface area contributed by atoms with Gasteiger partial charge < -0.3 is 5.11 Å². The van der Waals surface area contributed by atoms with Crippen molar-refractivity contribution in [3.05, 3.63) is 12.2 Å². The summed E-state index contributed by atoms with van der Waals surface area (Å²) < 4.78 is 46.0. The van der Waals surface area contributed by atoms with Crippen molar-refractivity contribution >= 4 is 5.97 Å². The fraction of sp³-hybridized carbons (Fsp3) is 0.400. The van der Waals surface area contributed by atoms with E-state index in [2.05, 4.69) is 6.58 Å². The number of aliphatic carboxylic acids is 1. The molecule has 0 saturated heterocycles. The topological polar surface area (TPSA) is 37.3 Å². The summed E-state index contributed by atoms with van der Waals surface area (Å²) >= 11 is 0. The fourth-order valence-corrected chi connectivity index (χ4v) is 0.306. The summed E-state index contributed by atoms with van der Waals surface area (Å²) in [6.07, 6.45) is -8.67. The minimum atomic E-state index is -5.19. The molecule has 0 heterocycles. The molecule has 0 rings (SSSR count). The zero-order valence-corrected chi connectivity index (χ0v) is 5.15. The Labute approximate surface area is 59.1 Å². The van der Waals surface area contributed by atoms with Crippen LogP contribution in [0.3, 0.4) is 0 Å². The van der Waals surface area contributed by atoms with Gasteiger partial charge in [0.05, 0.1) is 5.57 Å². The highest BCUT2D eigenvalue weighted by atomic mass is 19.4. The molecule has 0 aliphatic carbocycles. The highest BCUT2D eigenvalue weighted by Crippen LogP contribution is 2.27. The third kappa shape index (κ3) is 2.57. The molecule has 11 heavy (non-hydrogen) atoms. The van der Waals surface area contributed by atoms with Crippen LogP contribution in [0.15, 0.2) is 12.2 Å². The molecule has 1 unspecified atom stereocenters. The van der Waals surface area contributed by atoms with Gasteiger partial charge in [-0.1, -0.05) is 6.58 Å². The van der Waals surface area contributed by atoms with Gasteiger partial charge in [0.15, 0.2) is 0 Å². The summed E-state index contributed by atoms with van der Waals surface area (Å²) in [7, 11) is 0. The van der Waals surface area contributed by atoms with Crippen LogP contribution in [0, 0.1) is 0 Å². The van der Waals surface area contributed by atoms with E-state index < -0.39 is 23.9 Å². The summed E-state index contributed by atoms with van der Waals surface area (Å²) in [6.45, 7) is 2.43. The first kappa shape index (κ1) is 9.93. The smallest absolute Gasteiger partial charge is 0.424 e. The van der Waals surface area contributed by atoms with E-state index in [0.717, 1.165) is 0 Å². The van der Waals surface area contributed by atoms with E-state index in [1.165, 1.54) is 0 Å². The maximum atomic E-state index is 11.9. The van der Waals surface area contributed by atoms with Crippen molar-refractivity contribution in [1.82, 2.24) is 0 Å². The quantitative estimate of drug-likeness (QED) is 0.506. The van der Waals surface area contributed by atoms with Crippen LogP contribution < -0.4 is 0 Å². The van der Waals surface area contributed by atoms with Crippen LogP contribution in [-0.4, -0.2) is 23.4 Å². The SMILES string of the molecule is C=C(C(=O)O)C(F)C(F)(F)F. The molecule has 0 fully saturated rings. The molecular formula is C5H4F4O2. The van der Waals surface area contributed by atoms with Gasteiger partial charge in [-0.2, -0.15) is 13.2 Å². The molecular weight excluding hydrogens is 168 g/mol. The lowest BCUT2D eigenvalue weighted by Gasteiger charge is -2.10. The highest BCUT2D eigenvalue weighted by Gasteiger charge is 2.44. The van der Waals surface area contributed by atoms with Crippen LogP contribution >= 0.6 is 0 Å². The number of hydrogen-bond donors (Lipinski definition) is 1. The van der Waals surface area contributed by atoms with Crippen molar-refractivity contribution in [2.75, 3.05) is 0 Å². The Morgan fingerprint density at radius 2 is 1.82 bits per heavy atom. The van der Waals surface area contributed by atoms with Gasteiger partial charge in [0, 0.05) is 0 Å². The molecule has 0 amide bonds. The van der Waals surface area contributed by atoms with E-state index >= 15 is 0 Å². The molecule has 0 bridgehead atoms. The van der Waals surface area contributed by atoms with E-state index in [9.17, 15) is 22.4 Å². The molecule has 0 aromatic heterocycles. The molecule has 0 aromatic carbocycles. The molecule has 1 N–H and O–H groups in total. The summed E-state index contributed by atoms with van der Waals surface area (Å²) in [5.41, 5.74) is -1.50. The monoisotopic (exact) mass is 172 g/mol. The van der Waals surface area contributed by atoms with Crippen molar-refractivity contribution in [2.45, 2.75) is 12.3 Å². The maximum Gasteiger partial charge on any atom is 0.424 e. The van der Waals surface area contributed by atoms with Crippen LogP contribution in [0.2, 0.25) is 0 Å². The average molecular weight is 172 g/mol. The first-order chi connectivity index (χ1) is 4.76. The van der Waals surface area contributed by atoms with Crippen LogP contribution in [0.25, 0.3) is 0 Å². The van der Waals surface area contributed by atoms with E-state index in [0.29, 0.717) is 0 Å². The Hall–Kier alpha value is -1.07. The molecule has 1 atom stereocenters. The van der Waals surface area contributed by atoms with E-state index in [4.69, 9.17) is 5.11 Å². The Kier molecular flexibility index (Phi) is 2.61. The van der Waals surface area contributed by atoms with Gasteiger partial charge >= 0.3 is 12.1 Å². The second-order valence-electron chi connectivity index (χ2n) is 1.73. The predicted octanol–water partition coefficient (Wildman–Crippen LogP) is 1.53. The maximum absolute atomic E-state index is 11.9. The van der Waals surface area contributed by atoms with Crippen LogP contribution in [-0.2, 0) is 4.79 Å². The lowest BCUT2D eigenvalue weighted by molar-refractivity contribution is -0.173. The van der Waals surface area contributed by atoms with E-state index in [1.807, 2.05) is 0 Å². The van der Waals surface area contributed by atoms with Crippen LogP contribution in [0.1, 0.15) is 0 Å². The summed E-state index contributed by atoms with van der Waals surface area (Å²) in [5, 5.41) is 7.88. The van der Waals surface area contributed by atoms with Gasteiger partial charge in [0.1, 0.15) is 0 Å². The summed E-state index contributed by atoms with van der Waals surface area (Å²) in [6, 6.07) is 0. The zero-order valence-electron chi connectivity index (χ0n) is 5.15. The van der Waals surface area contributed by atoms with Crippen molar-refractivity contribution < 1.29 is 27.5 Å². The normalized spacial score (nSPS) is 14.2. The van der Waals surface area contributed by atoms with Crippen LogP contribution in [0.5, 0.6) is 0 Å². The van der Waals surface area contributed by atoms with Crippen LogP contribution in [0.4, 0.5) is 17.6 Å². The van der Waals surface area contributed by atoms with Crippen molar-refractivity contribution in [3.63, 3.8) is 0 Å². The molecule has 0 radical (unpaired) electrons. The largest absolute Gasteiger partial charge is 0.478 e. The number of carboxylic acid groups (broad SMARTS) is 1. The second kappa shape index (κ2) is 2.89. The second-order valence-corrected chi connectivity index (χ2v) is 1.73. The fourth-order valence-electron chi connectivity index (χ4n) is 0.306. The van der Waals surface area contributed by atoms with Gasteiger partial charge in [-0.15, -0.1) is 0 Å². The van der Waals surface area contributed by atoms with Gasteiger partial charge in [0.2, 0.25) is 6.17 Å². The van der Waals surface area contributed by atoms with Crippen molar-refractivity contribution in [1.29, 1.82) is 0 Å². The third-order valence-electron chi connectivity index (χ3n) is 0.868. The first-order valence-electron chi connectivity index (χ1n) is 2.39. The Morgan fingerprint density at radius 1 is 1.45 bits per heavy atom. The zero-order chi connectivity index (χ0) is 9.23. The van der Waals surface area contributed by atoms with Gasteiger partial charge in [-0.25, -0.2) is 9.18 Å². The van der Waals surface area contributed by atoms with Crippen molar-refractivity contribution in [2.24, 2.45) is 0 Å². The van der Waals surface area contributed by atoms with Gasteiger partial charge in [0.25, 0.3) is 0 Å². The molecule has 64 valence electrons. The van der Waals surface area contributed by atoms with Gasteiger partial charge in [-0.05, 0) is 0 Å². The minimum Gasteiger partial charge on any atom is -0.478 e.